The molecule has 0 radical (unpaired) electrons. The molecule has 190 valence electrons. The quantitative estimate of drug-likeness (QED) is 0.188. The van der Waals surface area contributed by atoms with E-state index in [9.17, 15) is 14.0 Å². The van der Waals surface area contributed by atoms with E-state index in [4.69, 9.17) is 21.7 Å². The van der Waals surface area contributed by atoms with Gasteiger partial charge >= 0.3 is 5.97 Å². The summed E-state index contributed by atoms with van der Waals surface area (Å²) in [5.74, 6) is -0.799. The number of hydrogen-bond acceptors (Lipinski definition) is 5. The van der Waals surface area contributed by atoms with Crippen LogP contribution in [-0.2, 0) is 27.4 Å². The van der Waals surface area contributed by atoms with Crippen LogP contribution in [0.15, 0.2) is 76.9 Å². The zero-order chi connectivity index (χ0) is 26.5. The molecule has 1 fully saturated rings. The highest BCUT2D eigenvalue weighted by Gasteiger charge is 2.40. The van der Waals surface area contributed by atoms with Gasteiger partial charge in [-0.25, -0.2) is 4.39 Å². The van der Waals surface area contributed by atoms with E-state index in [0.29, 0.717) is 22.6 Å². The normalized spacial score (nSPS) is 14.4. The molecule has 1 heterocycles. The summed E-state index contributed by atoms with van der Waals surface area (Å²) >= 11 is 9.10. The third kappa shape index (κ3) is 6.06. The Morgan fingerprint density at radius 3 is 2.51 bits per heavy atom. The molecular formula is C28H24BrFN2O4S. The second-order valence-corrected chi connectivity index (χ2v) is 9.52. The Morgan fingerprint density at radius 2 is 1.84 bits per heavy atom. The van der Waals surface area contributed by atoms with E-state index in [-0.39, 0.29) is 35.7 Å². The maximum Gasteiger partial charge on any atom is 0.325 e. The van der Waals surface area contributed by atoms with Gasteiger partial charge in [0.2, 0.25) is 0 Å². The number of aryl methyl sites for hydroxylation is 1. The van der Waals surface area contributed by atoms with Crippen LogP contribution >= 0.6 is 28.1 Å². The predicted molar refractivity (Wildman–Crippen MR) is 147 cm³/mol. The zero-order valence-electron chi connectivity index (χ0n) is 20.2. The molecule has 37 heavy (non-hydrogen) atoms. The molecule has 9 heteroatoms. The summed E-state index contributed by atoms with van der Waals surface area (Å²) < 4.78 is 25.2. The minimum absolute atomic E-state index is 0.129. The fraction of sp³-hybridized carbons (Fsp3) is 0.179. The van der Waals surface area contributed by atoms with Gasteiger partial charge in [0.15, 0.2) is 5.11 Å². The smallest absolute Gasteiger partial charge is 0.325 e. The van der Waals surface area contributed by atoms with Crippen LogP contribution in [0, 0.1) is 5.82 Å². The molecule has 3 aromatic carbocycles. The lowest BCUT2D eigenvalue weighted by Crippen LogP contribution is -2.35. The van der Waals surface area contributed by atoms with Gasteiger partial charge in [0.25, 0.3) is 5.91 Å². The Bertz CT molecular complexity index is 1380. The number of esters is 1. The molecule has 1 aliphatic heterocycles. The predicted octanol–water partition coefficient (Wildman–Crippen LogP) is 5.88. The minimum atomic E-state index is -0.541. The summed E-state index contributed by atoms with van der Waals surface area (Å²) in [6.07, 6.45) is 2.49. The van der Waals surface area contributed by atoms with Crippen molar-refractivity contribution in [3.63, 3.8) is 0 Å². The highest BCUT2D eigenvalue weighted by Crippen LogP contribution is 2.32. The Morgan fingerprint density at radius 1 is 1.08 bits per heavy atom. The van der Waals surface area contributed by atoms with Gasteiger partial charge in [0.05, 0.1) is 12.8 Å². The number of anilines is 1. The van der Waals surface area contributed by atoms with Crippen LogP contribution in [0.5, 0.6) is 5.75 Å². The number of thiocarbonyl (C=S) groups is 1. The van der Waals surface area contributed by atoms with Crippen molar-refractivity contribution in [3.05, 3.63) is 99.4 Å². The van der Waals surface area contributed by atoms with Gasteiger partial charge in [0, 0.05) is 10.0 Å². The van der Waals surface area contributed by atoms with Gasteiger partial charge in [-0.05, 0) is 78.3 Å². The summed E-state index contributed by atoms with van der Waals surface area (Å²) in [5, 5.41) is 0.170. The largest absolute Gasteiger partial charge is 0.488 e. The molecule has 1 aliphatic rings. The molecule has 0 saturated carbocycles. The van der Waals surface area contributed by atoms with Crippen LogP contribution in [0.4, 0.5) is 10.1 Å². The number of rotatable bonds is 8. The molecule has 0 N–H and O–H groups in total. The van der Waals surface area contributed by atoms with Crippen molar-refractivity contribution < 1.29 is 23.5 Å². The lowest BCUT2D eigenvalue weighted by Gasteiger charge is -2.19. The second kappa shape index (κ2) is 11.7. The van der Waals surface area contributed by atoms with Crippen LogP contribution in [0.2, 0.25) is 0 Å². The number of methoxy groups -OCH3 is 1. The summed E-state index contributed by atoms with van der Waals surface area (Å²) in [5.41, 5.74) is 3.16. The first-order valence-electron chi connectivity index (χ1n) is 11.5. The van der Waals surface area contributed by atoms with E-state index in [1.165, 1.54) is 29.0 Å². The van der Waals surface area contributed by atoms with E-state index in [2.05, 4.69) is 15.9 Å². The number of hydrogen-bond donors (Lipinski definition) is 0. The molecule has 0 unspecified atom stereocenters. The standard InChI is InChI=1S/C28H24BrFN2O4S/c1-3-18-7-10-23(11-8-18)32-27(34)24(31(28(32)37)16-26(33)35-2)15-20-14-21(29)9-12-25(20)36-17-19-5-4-6-22(30)13-19/h4-15H,3,16-17H2,1-2H3/b24-15-. The molecule has 1 saturated heterocycles. The molecule has 0 spiro atoms. The molecule has 1 amide bonds. The summed E-state index contributed by atoms with van der Waals surface area (Å²) in [7, 11) is 1.28. The fourth-order valence-corrected chi connectivity index (χ4v) is 4.56. The van der Waals surface area contributed by atoms with Gasteiger partial charge in [-0.15, -0.1) is 0 Å². The van der Waals surface area contributed by atoms with Crippen LogP contribution in [0.25, 0.3) is 6.08 Å². The SMILES string of the molecule is CCc1ccc(N2C(=O)/C(=C/c3cc(Br)ccc3OCc3cccc(F)c3)N(CC(=O)OC)C2=S)cc1. The summed E-state index contributed by atoms with van der Waals surface area (Å²) in [6, 6.07) is 19.0. The van der Waals surface area contributed by atoms with Crippen LogP contribution in [-0.4, -0.2) is 35.5 Å². The third-order valence-corrected chi connectivity index (χ3v) is 6.70. The molecule has 0 bridgehead atoms. The van der Waals surface area contributed by atoms with Gasteiger partial charge < -0.3 is 14.4 Å². The van der Waals surface area contributed by atoms with Crippen molar-refractivity contribution in [2.45, 2.75) is 20.0 Å². The Balaban J connectivity index is 1.72. The highest BCUT2D eigenvalue weighted by molar-refractivity contribution is 9.10. The van der Waals surface area contributed by atoms with Crippen LogP contribution in [0.1, 0.15) is 23.6 Å². The molecule has 6 nitrogen and oxygen atoms in total. The lowest BCUT2D eigenvalue weighted by molar-refractivity contribution is -0.140. The number of nitrogens with zero attached hydrogens (tertiary/aromatic N) is 2. The first-order valence-corrected chi connectivity index (χ1v) is 12.7. The third-order valence-electron chi connectivity index (χ3n) is 5.80. The van der Waals surface area contributed by atoms with E-state index in [0.717, 1.165) is 16.5 Å². The van der Waals surface area contributed by atoms with E-state index in [1.807, 2.05) is 31.2 Å². The van der Waals surface area contributed by atoms with E-state index in [1.54, 1.807) is 36.4 Å². The molecular weight excluding hydrogens is 559 g/mol. The van der Waals surface area contributed by atoms with Crippen molar-refractivity contribution in [1.29, 1.82) is 0 Å². The first kappa shape index (κ1) is 26.5. The summed E-state index contributed by atoms with van der Waals surface area (Å²) in [6.45, 7) is 1.94. The zero-order valence-corrected chi connectivity index (χ0v) is 22.6. The van der Waals surface area contributed by atoms with Gasteiger partial charge in [-0.1, -0.05) is 47.1 Å². The number of benzene rings is 3. The number of carbonyl (C=O) groups is 2. The molecule has 4 rings (SSSR count). The van der Waals surface area contributed by atoms with Crippen molar-refractivity contribution >= 4 is 56.9 Å². The van der Waals surface area contributed by atoms with Gasteiger partial charge in [0.1, 0.15) is 30.4 Å². The Kier molecular flexibility index (Phi) is 8.35. The average Bonchev–Trinajstić information content (AvgIpc) is 3.12. The Labute approximate surface area is 228 Å². The van der Waals surface area contributed by atoms with Crippen molar-refractivity contribution in [2.75, 3.05) is 18.6 Å². The second-order valence-electron chi connectivity index (χ2n) is 8.24. The first-order chi connectivity index (χ1) is 17.8. The average molecular weight is 583 g/mol. The maximum absolute atomic E-state index is 13.7. The minimum Gasteiger partial charge on any atom is -0.488 e. The summed E-state index contributed by atoms with van der Waals surface area (Å²) in [4.78, 5) is 28.7. The number of carbonyl (C=O) groups excluding carboxylic acids is 2. The monoisotopic (exact) mass is 582 g/mol. The van der Waals surface area contributed by atoms with Crippen LogP contribution in [0.3, 0.4) is 0 Å². The van der Waals surface area contributed by atoms with Gasteiger partial charge in [-0.3, -0.25) is 14.5 Å². The molecule has 3 aromatic rings. The van der Waals surface area contributed by atoms with E-state index < -0.39 is 5.97 Å². The topological polar surface area (TPSA) is 59.1 Å². The van der Waals surface area contributed by atoms with Crippen molar-refractivity contribution in [2.24, 2.45) is 0 Å². The van der Waals surface area contributed by atoms with E-state index >= 15 is 0 Å². The maximum atomic E-state index is 13.7. The number of ether oxygens (including phenoxy) is 2. The van der Waals surface area contributed by atoms with Gasteiger partial charge in [-0.2, -0.15) is 0 Å². The number of halogens is 2. The molecule has 0 aliphatic carbocycles. The van der Waals surface area contributed by atoms with Crippen molar-refractivity contribution in [1.82, 2.24) is 4.90 Å². The fourth-order valence-electron chi connectivity index (χ4n) is 3.83. The molecule has 0 atom stereocenters. The lowest BCUT2D eigenvalue weighted by atomic mass is 10.1. The number of amides is 1. The van der Waals surface area contributed by atoms with Crippen molar-refractivity contribution in [3.8, 4) is 5.75 Å². The Hall–Kier alpha value is -3.56. The highest BCUT2D eigenvalue weighted by atomic mass is 79.9. The molecule has 0 aromatic heterocycles. The van der Waals surface area contributed by atoms with Crippen LogP contribution < -0.4 is 9.64 Å².